The topological polar surface area (TPSA) is 105 Å². The lowest BCUT2D eigenvalue weighted by molar-refractivity contribution is 0.306. The molecule has 1 aromatic carbocycles. The van der Waals surface area contributed by atoms with Gasteiger partial charge in [-0.3, -0.25) is 0 Å². The predicted octanol–water partition coefficient (Wildman–Crippen LogP) is 2.22. The Kier molecular flexibility index (Phi) is 5.09. The van der Waals surface area contributed by atoms with Gasteiger partial charge >= 0.3 is 0 Å². The van der Waals surface area contributed by atoms with Gasteiger partial charge in [0.2, 0.25) is 0 Å². The molecule has 0 atom stereocenters. The molecule has 0 unspecified atom stereocenters. The number of nitrogens with zero attached hydrogens (tertiary/aromatic N) is 6. The van der Waals surface area contributed by atoms with Gasteiger partial charge in [-0.25, -0.2) is 27.7 Å². The lowest BCUT2D eigenvalue weighted by Crippen LogP contribution is -2.13. The quantitative estimate of drug-likeness (QED) is 0.460. The van der Waals surface area contributed by atoms with Crippen LogP contribution in [0.4, 0.5) is 0 Å². The van der Waals surface area contributed by atoms with Crippen LogP contribution in [0.25, 0.3) is 11.6 Å². The number of sulfone groups is 1. The van der Waals surface area contributed by atoms with Crippen LogP contribution in [0.3, 0.4) is 0 Å². The van der Waals surface area contributed by atoms with Gasteiger partial charge in [0.15, 0.2) is 27.2 Å². The third-order valence-corrected chi connectivity index (χ3v) is 5.97. The Morgan fingerprint density at radius 1 is 1.03 bits per heavy atom. The Hall–Kier alpha value is -3.53. The van der Waals surface area contributed by atoms with E-state index < -0.39 is 9.84 Å². The van der Waals surface area contributed by atoms with Crippen molar-refractivity contribution in [3.63, 3.8) is 0 Å². The monoisotopic (exact) mass is 410 g/mol. The highest BCUT2D eigenvalue weighted by molar-refractivity contribution is 7.91. The number of aromatic nitrogens is 6. The highest BCUT2D eigenvalue weighted by Crippen LogP contribution is 2.23. The van der Waals surface area contributed by atoms with E-state index in [0.29, 0.717) is 18.2 Å². The van der Waals surface area contributed by atoms with Crippen molar-refractivity contribution in [3.8, 4) is 17.4 Å². The molecule has 148 valence electrons. The molecule has 0 N–H and O–H groups in total. The Balaban J connectivity index is 1.69. The predicted molar refractivity (Wildman–Crippen MR) is 105 cm³/mol. The standard InChI is InChI=1S/C19H18N6O3S/c1-2-29(26,27)17-8-9-18(25-14-20-13-22-25)23-19(17)24-11-16(10-21-24)28-12-15-6-4-3-5-7-15/h3-11,13-14H,2,12H2,1H3. The molecular formula is C19H18N6O3S. The number of pyridine rings is 1. The first-order chi connectivity index (χ1) is 14.1. The van der Waals surface area contributed by atoms with Crippen molar-refractivity contribution >= 4 is 9.84 Å². The van der Waals surface area contributed by atoms with Gasteiger partial charge in [0.05, 0.1) is 18.1 Å². The normalized spacial score (nSPS) is 11.5. The van der Waals surface area contributed by atoms with Gasteiger partial charge in [-0.15, -0.1) is 0 Å². The van der Waals surface area contributed by atoms with Crippen LogP contribution in [0, 0.1) is 0 Å². The number of hydrogen-bond acceptors (Lipinski definition) is 7. The molecule has 4 rings (SSSR count). The molecule has 4 aromatic rings. The molecule has 3 heterocycles. The van der Waals surface area contributed by atoms with Crippen molar-refractivity contribution in [3.05, 3.63) is 73.1 Å². The maximum Gasteiger partial charge on any atom is 0.181 e. The minimum atomic E-state index is -3.52. The van der Waals surface area contributed by atoms with Crippen LogP contribution >= 0.6 is 0 Å². The highest BCUT2D eigenvalue weighted by Gasteiger charge is 2.21. The van der Waals surface area contributed by atoms with E-state index in [1.807, 2.05) is 30.3 Å². The molecule has 0 bridgehead atoms. The van der Waals surface area contributed by atoms with Crippen LogP contribution in [0.2, 0.25) is 0 Å². The third kappa shape index (κ3) is 4.02. The highest BCUT2D eigenvalue weighted by atomic mass is 32.2. The van der Waals surface area contributed by atoms with Gasteiger partial charge < -0.3 is 4.74 Å². The summed E-state index contributed by atoms with van der Waals surface area (Å²) < 4.78 is 33.7. The van der Waals surface area contributed by atoms with Crippen molar-refractivity contribution < 1.29 is 13.2 Å². The summed E-state index contributed by atoms with van der Waals surface area (Å²) in [4.78, 5) is 8.44. The molecular weight excluding hydrogens is 392 g/mol. The van der Waals surface area contributed by atoms with Crippen molar-refractivity contribution in [1.82, 2.24) is 29.5 Å². The summed E-state index contributed by atoms with van der Waals surface area (Å²) in [5, 5.41) is 8.29. The molecule has 0 saturated carbocycles. The van der Waals surface area contributed by atoms with Gasteiger partial charge in [-0.05, 0) is 17.7 Å². The zero-order chi connectivity index (χ0) is 20.3. The average Bonchev–Trinajstić information content (AvgIpc) is 3.45. The Morgan fingerprint density at radius 2 is 1.86 bits per heavy atom. The summed E-state index contributed by atoms with van der Waals surface area (Å²) in [6.07, 6.45) is 5.99. The lowest BCUT2D eigenvalue weighted by Gasteiger charge is -2.10. The maximum absolute atomic E-state index is 12.6. The van der Waals surface area contributed by atoms with Crippen molar-refractivity contribution in [2.45, 2.75) is 18.4 Å². The molecule has 0 amide bonds. The number of benzene rings is 1. The van der Waals surface area contributed by atoms with Crippen LogP contribution in [0.1, 0.15) is 12.5 Å². The Morgan fingerprint density at radius 3 is 2.59 bits per heavy atom. The van der Waals surface area contributed by atoms with E-state index in [0.717, 1.165) is 5.56 Å². The molecule has 29 heavy (non-hydrogen) atoms. The fourth-order valence-corrected chi connectivity index (χ4v) is 3.68. The zero-order valence-electron chi connectivity index (χ0n) is 15.6. The van der Waals surface area contributed by atoms with Gasteiger partial charge in [0.1, 0.15) is 24.2 Å². The summed E-state index contributed by atoms with van der Waals surface area (Å²) in [5.74, 6) is 1.05. The molecule has 10 heteroatoms. The van der Waals surface area contributed by atoms with E-state index in [4.69, 9.17) is 4.74 Å². The molecule has 0 fully saturated rings. The summed E-state index contributed by atoms with van der Waals surface area (Å²) >= 11 is 0. The average molecular weight is 410 g/mol. The Labute approximate surface area is 167 Å². The number of rotatable bonds is 7. The van der Waals surface area contributed by atoms with Crippen molar-refractivity contribution in [1.29, 1.82) is 0 Å². The van der Waals surface area contributed by atoms with E-state index in [2.05, 4.69) is 20.2 Å². The smallest absolute Gasteiger partial charge is 0.181 e. The first kappa shape index (κ1) is 18.8. The van der Waals surface area contributed by atoms with E-state index in [1.165, 1.54) is 34.3 Å². The van der Waals surface area contributed by atoms with E-state index in [1.54, 1.807) is 19.2 Å². The van der Waals surface area contributed by atoms with Crippen LogP contribution in [-0.2, 0) is 16.4 Å². The fraction of sp³-hybridized carbons (Fsp3) is 0.158. The van der Waals surface area contributed by atoms with E-state index >= 15 is 0 Å². The summed E-state index contributed by atoms with van der Waals surface area (Å²) in [6, 6.07) is 12.8. The van der Waals surface area contributed by atoms with Gasteiger partial charge in [0.25, 0.3) is 0 Å². The van der Waals surface area contributed by atoms with Crippen molar-refractivity contribution in [2.24, 2.45) is 0 Å². The minimum Gasteiger partial charge on any atom is -0.486 e. The molecule has 0 aliphatic rings. The fourth-order valence-electron chi connectivity index (χ4n) is 2.68. The first-order valence-corrected chi connectivity index (χ1v) is 10.5. The summed E-state index contributed by atoms with van der Waals surface area (Å²) in [6.45, 7) is 1.96. The Bertz CT molecular complexity index is 1200. The molecule has 0 saturated heterocycles. The van der Waals surface area contributed by atoms with E-state index in [9.17, 15) is 8.42 Å². The van der Waals surface area contributed by atoms with Crippen LogP contribution in [-0.4, -0.2) is 43.7 Å². The van der Waals surface area contributed by atoms with Gasteiger partial charge in [0, 0.05) is 0 Å². The van der Waals surface area contributed by atoms with Crippen LogP contribution in [0.5, 0.6) is 5.75 Å². The van der Waals surface area contributed by atoms with Gasteiger partial charge in [-0.2, -0.15) is 10.2 Å². The second-order valence-corrected chi connectivity index (χ2v) is 8.38. The summed E-state index contributed by atoms with van der Waals surface area (Å²) in [7, 11) is -3.52. The number of hydrogen-bond donors (Lipinski definition) is 0. The van der Waals surface area contributed by atoms with Crippen LogP contribution in [0.15, 0.2) is 72.4 Å². The zero-order valence-corrected chi connectivity index (χ0v) is 16.4. The SMILES string of the molecule is CCS(=O)(=O)c1ccc(-n2cncn2)nc1-n1cc(OCc2ccccc2)cn1. The maximum atomic E-state index is 12.6. The molecule has 0 radical (unpaired) electrons. The van der Waals surface area contributed by atoms with Crippen LogP contribution < -0.4 is 4.74 Å². The molecule has 3 aromatic heterocycles. The first-order valence-electron chi connectivity index (χ1n) is 8.87. The van der Waals surface area contributed by atoms with E-state index in [-0.39, 0.29) is 16.5 Å². The molecule has 9 nitrogen and oxygen atoms in total. The molecule has 0 aliphatic heterocycles. The summed E-state index contributed by atoms with van der Waals surface area (Å²) in [5.41, 5.74) is 1.01. The number of ether oxygens (including phenoxy) is 1. The second kappa shape index (κ2) is 7.84. The largest absolute Gasteiger partial charge is 0.486 e. The molecule has 0 aliphatic carbocycles. The third-order valence-electron chi connectivity index (χ3n) is 4.22. The van der Waals surface area contributed by atoms with Gasteiger partial charge in [-0.1, -0.05) is 37.3 Å². The lowest BCUT2D eigenvalue weighted by atomic mass is 10.2. The minimum absolute atomic E-state index is 0.0526. The molecule has 0 spiro atoms. The van der Waals surface area contributed by atoms with Crippen molar-refractivity contribution in [2.75, 3.05) is 5.75 Å². The second-order valence-electron chi connectivity index (χ2n) is 6.13.